The first kappa shape index (κ1) is 18.5. The molecule has 0 radical (unpaired) electrons. The Morgan fingerprint density at radius 2 is 2.07 bits per heavy atom. The van der Waals surface area contributed by atoms with E-state index in [9.17, 15) is 4.79 Å². The molecule has 4 rings (SSSR count). The number of nitrogens with zero attached hydrogens (tertiary/aromatic N) is 3. The molecule has 1 aliphatic rings. The third-order valence-electron chi connectivity index (χ3n) is 5.28. The van der Waals surface area contributed by atoms with Gasteiger partial charge in [-0.15, -0.1) is 0 Å². The predicted molar refractivity (Wildman–Crippen MR) is 107 cm³/mol. The topological polar surface area (TPSA) is 63.3 Å². The minimum atomic E-state index is -0.0326. The molecule has 6 heteroatoms. The molecule has 146 valence electrons. The molecule has 0 saturated carbocycles. The van der Waals surface area contributed by atoms with Crippen molar-refractivity contribution in [2.75, 3.05) is 14.1 Å². The van der Waals surface area contributed by atoms with Crippen LogP contribution in [0.15, 0.2) is 53.1 Å². The Morgan fingerprint density at radius 3 is 2.79 bits per heavy atom. The molecule has 3 aromatic rings. The van der Waals surface area contributed by atoms with Crippen molar-refractivity contribution in [1.29, 1.82) is 0 Å². The van der Waals surface area contributed by atoms with Gasteiger partial charge in [0.15, 0.2) is 5.69 Å². The first-order valence-corrected chi connectivity index (χ1v) is 9.71. The van der Waals surface area contributed by atoms with Crippen molar-refractivity contribution in [3.05, 3.63) is 77.0 Å². The highest BCUT2D eigenvalue weighted by Crippen LogP contribution is 2.26. The summed E-state index contributed by atoms with van der Waals surface area (Å²) in [7, 11) is 3.56. The van der Waals surface area contributed by atoms with Gasteiger partial charge in [0.25, 0.3) is 5.91 Å². The summed E-state index contributed by atoms with van der Waals surface area (Å²) in [6, 6.07) is 14.4. The first-order valence-electron chi connectivity index (χ1n) is 9.71. The van der Waals surface area contributed by atoms with Crippen LogP contribution in [0.25, 0.3) is 0 Å². The van der Waals surface area contributed by atoms with Crippen molar-refractivity contribution in [1.82, 2.24) is 20.0 Å². The normalized spacial score (nSPS) is 16.0. The molecule has 0 spiro atoms. The van der Waals surface area contributed by atoms with Crippen LogP contribution in [-0.2, 0) is 25.9 Å². The van der Waals surface area contributed by atoms with E-state index < -0.39 is 0 Å². The lowest BCUT2D eigenvalue weighted by molar-refractivity contribution is 0.0820. The molecule has 1 aliphatic carbocycles. The Bertz CT molecular complexity index is 929. The SMILES string of the molecule is CN(C)C(=O)c1nn(Cc2ccccc2)c2c1CC(NCc1ccco1)CC2. The van der Waals surface area contributed by atoms with Gasteiger partial charge in [-0.2, -0.15) is 5.10 Å². The minimum Gasteiger partial charge on any atom is -0.468 e. The molecule has 2 heterocycles. The van der Waals surface area contributed by atoms with Crippen LogP contribution in [0, 0.1) is 0 Å². The van der Waals surface area contributed by atoms with Crippen molar-refractivity contribution in [2.45, 2.75) is 38.4 Å². The Morgan fingerprint density at radius 1 is 1.25 bits per heavy atom. The molecule has 6 nitrogen and oxygen atoms in total. The number of nitrogens with one attached hydrogen (secondary N) is 1. The van der Waals surface area contributed by atoms with E-state index in [1.807, 2.05) is 35.0 Å². The fraction of sp³-hybridized carbons (Fsp3) is 0.364. The summed E-state index contributed by atoms with van der Waals surface area (Å²) < 4.78 is 7.44. The van der Waals surface area contributed by atoms with Gasteiger partial charge in [-0.25, -0.2) is 0 Å². The molecule has 0 bridgehead atoms. The van der Waals surface area contributed by atoms with E-state index >= 15 is 0 Å². The predicted octanol–water partition coefficient (Wildman–Crippen LogP) is 2.87. The summed E-state index contributed by atoms with van der Waals surface area (Å²) in [4.78, 5) is 14.4. The fourth-order valence-corrected chi connectivity index (χ4v) is 3.79. The Labute approximate surface area is 165 Å². The molecule has 0 fully saturated rings. The Hall–Kier alpha value is -2.86. The van der Waals surface area contributed by atoms with Crippen molar-refractivity contribution in [3.63, 3.8) is 0 Å². The summed E-state index contributed by atoms with van der Waals surface area (Å²) in [6.45, 7) is 1.39. The number of hydrogen-bond donors (Lipinski definition) is 1. The number of carbonyl (C=O) groups is 1. The van der Waals surface area contributed by atoms with Crippen molar-refractivity contribution < 1.29 is 9.21 Å². The first-order chi connectivity index (χ1) is 13.6. The van der Waals surface area contributed by atoms with Gasteiger partial charge in [0.2, 0.25) is 0 Å². The quantitative estimate of drug-likeness (QED) is 0.716. The minimum absolute atomic E-state index is 0.0326. The third-order valence-corrected chi connectivity index (χ3v) is 5.28. The van der Waals surface area contributed by atoms with Crippen LogP contribution >= 0.6 is 0 Å². The van der Waals surface area contributed by atoms with Crippen molar-refractivity contribution in [3.8, 4) is 0 Å². The zero-order valence-electron chi connectivity index (χ0n) is 16.4. The molecule has 1 aromatic carbocycles. The van der Waals surface area contributed by atoms with Gasteiger partial charge >= 0.3 is 0 Å². The van der Waals surface area contributed by atoms with Crippen molar-refractivity contribution >= 4 is 5.91 Å². The summed E-state index contributed by atoms with van der Waals surface area (Å²) in [5.41, 5.74) is 4.04. The van der Waals surface area contributed by atoms with E-state index in [1.165, 1.54) is 11.3 Å². The van der Waals surface area contributed by atoms with Crippen LogP contribution in [0.1, 0.15) is 39.5 Å². The van der Waals surface area contributed by atoms with E-state index in [-0.39, 0.29) is 5.91 Å². The van der Waals surface area contributed by atoms with E-state index in [2.05, 4.69) is 17.4 Å². The smallest absolute Gasteiger partial charge is 0.274 e. The molecule has 0 aliphatic heterocycles. The third kappa shape index (κ3) is 3.87. The molecular weight excluding hydrogens is 352 g/mol. The number of furan rings is 1. The lowest BCUT2D eigenvalue weighted by Crippen LogP contribution is -2.35. The molecule has 0 saturated heterocycles. The maximum absolute atomic E-state index is 12.7. The molecule has 1 unspecified atom stereocenters. The average molecular weight is 378 g/mol. The standard InChI is InChI=1S/C22H26N4O2/c1-25(2)22(27)21-19-13-17(23-14-18-9-6-12-28-18)10-11-20(19)26(24-21)15-16-7-4-3-5-8-16/h3-9,12,17,23H,10-11,13-15H2,1-2H3. The number of rotatable bonds is 6. The molecule has 28 heavy (non-hydrogen) atoms. The largest absolute Gasteiger partial charge is 0.468 e. The van der Waals surface area contributed by atoms with Crippen LogP contribution < -0.4 is 5.32 Å². The Balaban J connectivity index is 1.58. The number of amides is 1. The number of hydrogen-bond acceptors (Lipinski definition) is 4. The Kier molecular flexibility index (Phi) is 5.30. The lowest BCUT2D eigenvalue weighted by Gasteiger charge is -2.24. The van der Waals surface area contributed by atoms with E-state index in [0.717, 1.165) is 30.6 Å². The van der Waals surface area contributed by atoms with Crippen LogP contribution in [0.5, 0.6) is 0 Å². The molecule has 1 N–H and O–H groups in total. The highest BCUT2D eigenvalue weighted by molar-refractivity contribution is 5.93. The maximum atomic E-state index is 12.7. The van der Waals surface area contributed by atoms with Crippen LogP contribution in [0.2, 0.25) is 0 Å². The van der Waals surface area contributed by atoms with Crippen molar-refractivity contribution in [2.24, 2.45) is 0 Å². The van der Waals surface area contributed by atoms with Gasteiger partial charge in [0.1, 0.15) is 5.76 Å². The fourth-order valence-electron chi connectivity index (χ4n) is 3.79. The zero-order valence-corrected chi connectivity index (χ0v) is 16.4. The van der Waals surface area contributed by atoms with Gasteiger partial charge in [-0.1, -0.05) is 30.3 Å². The van der Waals surface area contributed by atoms with Gasteiger partial charge in [-0.3, -0.25) is 9.48 Å². The second-order valence-electron chi connectivity index (χ2n) is 7.52. The van der Waals surface area contributed by atoms with E-state index in [0.29, 0.717) is 24.8 Å². The van der Waals surface area contributed by atoms with Gasteiger partial charge in [0.05, 0.1) is 19.4 Å². The monoisotopic (exact) mass is 378 g/mol. The zero-order chi connectivity index (χ0) is 19.5. The van der Waals surface area contributed by atoms with Gasteiger partial charge in [-0.05, 0) is 37.0 Å². The molecule has 1 amide bonds. The molecular formula is C22H26N4O2. The number of aromatic nitrogens is 2. The van der Waals surface area contributed by atoms with Crippen LogP contribution in [-0.4, -0.2) is 40.7 Å². The van der Waals surface area contributed by atoms with Gasteiger partial charge in [0, 0.05) is 31.4 Å². The number of carbonyl (C=O) groups excluding carboxylic acids is 1. The van der Waals surface area contributed by atoms with Crippen LogP contribution in [0.4, 0.5) is 0 Å². The summed E-state index contributed by atoms with van der Waals surface area (Å²) >= 11 is 0. The number of fused-ring (bicyclic) bond motifs is 1. The summed E-state index contributed by atoms with van der Waals surface area (Å²) in [5.74, 6) is 0.893. The molecule has 1 atom stereocenters. The van der Waals surface area contributed by atoms with Crippen LogP contribution in [0.3, 0.4) is 0 Å². The summed E-state index contributed by atoms with van der Waals surface area (Å²) in [5, 5.41) is 8.30. The summed E-state index contributed by atoms with van der Waals surface area (Å²) in [6.07, 6.45) is 4.42. The number of benzene rings is 1. The maximum Gasteiger partial charge on any atom is 0.274 e. The van der Waals surface area contributed by atoms with E-state index in [1.54, 1.807) is 25.3 Å². The highest BCUT2D eigenvalue weighted by Gasteiger charge is 2.29. The highest BCUT2D eigenvalue weighted by atomic mass is 16.3. The lowest BCUT2D eigenvalue weighted by atomic mass is 9.91. The van der Waals surface area contributed by atoms with E-state index in [4.69, 9.17) is 9.52 Å². The average Bonchev–Trinajstić information content (AvgIpc) is 3.34. The second-order valence-corrected chi connectivity index (χ2v) is 7.52. The molecule has 2 aromatic heterocycles. The second kappa shape index (κ2) is 8.02. The van der Waals surface area contributed by atoms with Gasteiger partial charge < -0.3 is 14.6 Å².